The normalized spacial score (nSPS) is 14.6. The van der Waals surface area contributed by atoms with E-state index < -0.39 is 0 Å². The summed E-state index contributed by atoms with van der Waals surface area (Å²) in [5, 5.41) is 25.0. The van der Waals surface area contributed by atoms with Gasteiger partial charge in [0, 0.05) is 36.8 Å². The van der Waals surface area contributed by atoms with E-state index in [1.54, 1.807) is 11.8 Å². The number of anilines is 1. The maximum absolute atomic E-state index is 10.6. The number of fused-ring (bicyclic) bond motifs is 2. The molecule has 0 atom stereocenters. The Morgan fingerprint density at radius 2 is 1.48 bits per heavy atom. The van der Waals surface area contributed by atoms with Gasteiger partial charge in [-0.3, -0.25) is 0 Å². The molecule has 4 aromatic carbocycles. The van der Waals surface area contributed by atoms with Crippen molar-refractivity contribution in [2.24, 2.45) is 0 Å². The highest BCUT2D eigenvalue weighted by Gasteiger charge is 2.23. The van der Waals surface area contributed by atoms with Gasteiger partial charge in [-0.1, -0.05) is 56.3 Å². The van der Waals surface area contributed by atoms with Crippen LogP contribution in [0.2, 0.25) is 0 Å². The maximum Gasteiger partial charge on any atom is 0.200 e. The zero-order valence-corrected chi connectivity index (χ0v) is 26.5. The van der Waals surface area contributed by atoms with Crippen molar-refractivity contribution in [3.05, 3.63) is 117 Å². The van der Waals surface area contributed by atoms with Crippen LogP contribution in [0.4, 0.5) is 5.69 Å². The van der Waals surface area contributed by atoms with Crippen LogP contribution in [0.5, 0.6) is 0 Å². The summed E-state index contributed by atoms with van der Waals surface area (Å²) >= 11 is 1.76. The van der Waals surface area contributed by atoms with Crippen LogP contribution in [0, 0.1) is 0 Å². The Labute approximate surface area is 254 Å². The minimum atomic E-state index is -0.0795. The van der Waals surface area contributed by atoms with Crippen molar-refractivity contribution in [1.29, 1.82) is 0 Å². The Hall–Kier alpha value is -3.64. The van der Waals surface area contributed by atoms with Crippen molar-refractivity contribution < 1.29 is 14.8 Å². The summed E-state index contributed by atoms with van der Waals surface area (Å²) in [7, 11) is 8.31. The van der Waals surface area contributed by atoms with Crippen LogP contribution in [0.3, 0.4) is 0 Å². The summed E-state index contributed by atoms with van der Waals surface area (Å²) in [5.41, 5.74) is 10.1. The standard InChI is InChI=1S/C37H41N2O2S/c1-23(2)32-19-25(38(3)4)13-16-30(32)37(31-17-14-26(39(5)6)20-36(31)42-7)24-12-15-29-33(18-24)35(22-41)28-11-9-8-10-27(28)34(29)21-40/h8-20,23,40-41H,21-22H2,1-7H3/q+1. The third-order valence-electron chi connectivity index (χ3n) is 8.27. The number of benzene rings is 4. The van der Waals surface area contributed by atoms with Crippen molar-refractivity contribution in [3.8, 4) is 0 Å². The molecule has 0 bridgehead atoms. The van der Waals surface area contributed by atoms with E-state index in [2.05, 4.69) is 112 Å². The van der Waals surface area contributed by atoms with Crippen molar-refractivity contribution in [2.45, 2.75) is 33.0 Å². The molecular weight excluding hydrogens is 536 g/mol. The molecule has 4 aromatic rings. The summed E-state index contributed by atoms with van der Waals surface area (Å²) in [6, 6.07) is 21.4. The van der Waals surface area contributed by atoms with Gasteiger partial charge in [-0.2, -0.15) is 0 Å². The lowest BCUT2D eigenvalue weighted by molar-refractivity contribution is -0.462. The van der Waals surface area contributed by atoms with E-state index in [0.717, 1.165) is 43.9 Å². The molecule has 0 aromatic heterocycles. The molecule has 0 fully saturated rings. The van der Waals surface area contributed by atoms with Gasteiger partial charge in [-0.05, 0) is 97.0 Å². The summed E-state index contributed by atoms with van der Waals surface area (Å²) in [4.78, 5) is 3.36. The lowest BCUT2D eigenvalue weighted by Gasteiger charge is -2.24. The lowest BCUT2D eigenvalue weighted by Crippen LogP contribution is -2.13. The number of aliphatic hydroxyl groups excluding tert-OH is 2. The third-order valence-corrected chi connectivity index (χ3v) is 9.04. The predicted octanol–water partition coefficient (Wildman–Crippen LogP) is 7.50. The molecule has 5 rings (SSSR count). The fourth-order valence-electron chi connectivity index (χ4n) is 6.01. The highest BCUT2D eigenvalue weighted by atomic mass is 32.2. The molecule has 0 saturated heterocycles. The third kappa shape index (κ3) is 5.33. The number of nitrogens with zero attached hydrogens (tertiary/aromatic N) is 2. The smallest absolute Gasteiger partial charge is 0.200 e. The number of allylic oxidation sites excluding steroid dienone is 4. The van der Waals surface area contributed by atoms with E-state index in [0.29, 0.717) is 5.92 Å². The van der Waals surface area contributed by atoms with Gasteiger partial charge in [0.2, 0.25) is 5.71 Å². The van der Waals surface area contributed by atoms with E-state index in [9.17, 15) is 10.2 Å². The van der Waals surface area contributed by atoms with Crippen molar-refractivity contribution in [2.75, 3.05) is 39.3 Å². The van der Waals surface area contributed by atoms with E-state index in [1.807, 2.05) is 24.3 Å². The van der Waals surface area contributed by atoms with E-state index >= 15 is 0 Å². The average Bonchev–Trinajstić information content (AvgIpc) is 2.99. The van der Waals surface area contributed by atoms with Crippen LogP contribution >= 0.6 is 11.8 Å². The van der Waals surface area contributed by atoms with E-state index in [1.165, 1.54) is 32.9 Å². The quantitative estimate of drug-likeness (QED) is 0.176. The first-order valence-electron chi connectivity index (χ1n) is 14.4. The summed E-state index contributed by atoms with van der Waals surface area (Å²) in [5.74, 6) is 0.312. The molecule has 0 spiro atoms. The van der Waals surface area contributed by atoms with Crippen LogP contribution in [-0.4, -0.2) is 54.9 Å². The van der Waals surface area contributed by atoms with Gasteiger partial charge in [0.1, 0.15) is 14.1 Å². The van der Waals surface area contributed by atoms with Crippen LogP contribution in [-0.2, 0) is 13.2 Å². The van der Waals surface area contributed by atoms with Gasteiger partial charge in [-0.25, -0.2) is 4.58 Å². The fraction of sp³-hybridized carbons (Fsp3) is 0.270. The molecule has 216 valence electrons. The van der Waals surface area contributed by atoms with Crippen LogP contribution < -0.4 is 4.90 Å². The van der Waals surface area contributed by atoms with Crippen LogP contribution in [0.15, 0.2) is 89.4 Å². The Morgan fingerprint density at radius 3 is 2.05 bits per heavy atom. The topological polar surface area (TPSA) is 46.7 Å². The predicted molar refractivity (Wildman–Crippen MR) is 182 cm³/mol. The fourth-order valence-corrected chi connectivity index (χ4v) is 6.64. The molecule has 1 aliphatic carbocycles. The van der Waals surface area contributed by atoms with E-state index in [-0.39, 0.29) is 13.2 Å². The lowest BCUT2D eigenvalue weighted by atomic mass is 9.83. The Morgan fingerprint density at radius 1 is 0.833 bits per heavy atom. The zero-order chi connectivity index (χ0) is 30.1. The second kappa shape index (κ2) is 12.3. The Bertz CT molecular complexity index is 1800. The minimum absolute atomic E-state index is 0.0647. The molecule has 0 amide bonds. The SMILES string of the molecule is CSC1=CC(=[N+](C)C)C=C/C1=C(\c1ccc2c(CO)c3ccccc3c(CO)c2c1)c1ccc(N(C)C)cc1C(C)C. The first-order chi connectivity index (χ1) is 20.2. The van der Waals surface area contributed by atoms with Crippen molar-refractivity contribution >= 4 is 50.3 Å². The largest absolute Gasteiger partial charge is 0.392 e. The second-order valence-corrected chi connectivity index (χ2v) is 12.4. The summed E-state index contributed by atoms with van der Waals surface area (Å²) < 4.78 is 2.14. The molecular formula is C37H41N2O2S+. The van der Waals surface area contributed by atoms with Gasteiger partial charge in [0.25, 0.3) is 0 Å². The molecule has 4 nitrogen and oxygen atoms in total. The van der Waals surface area contributed by atoms with Gasteiger partial charge < -0.3 is 15.1 Å². The van der Waals surface area contributed by atoms with Gasteiger partial charge in [0.15, 0.2) is 0 Å². The van der Waals surface area contributed by atoms with Crippen LogP contribution in [0.1, 0.15) is 47.6 Å². The number of hydrogen-bond donors (Lipinski definition) is 2. The first kappa shape index (κ1) is 29.8. The van der Waals surface area contributed by atoms with Gasteiger partial charge in [-0.15, -0.1) is 11.8 Å². The number of rotatable bonds is 7. The average molecular weight is 578 g/mol. The monoisotopic (exact) mass is 577 g/mol. The van der Waals surface area contributed by atoms with E-state index in [4.69, 9.17) is 0 Å². The van der Waals surface area contributed by atoms with Crippen molar-refractivity contribution in [1.82, 2.24) is 0 Å². The molecule has 5 heteroatoms. The summed E-state index contributed by atoms with van der Waals surface area (Å²) in [6.07, 6.45) is 8.84. The molecule has 42 heavy (non-hydrogen) atoms. The van der Waals surface area contributed by atoms with Gasteiger partial charge in [0.05, 0.1) is 13.2 Å². The Kier molecular flexibility index (Phi) is 8.74. The number of aliphatic hydroxyl groups is 2. The minimum Gasteiger partial charge on any atom is -0.392 e. The zero-order valence-electron chi connectivity index (χ0n) is 25.7. The highest BCUT2D eigenvalue weighted by Crippen LogP contribution is 2.42. The molecule has 0 radical (unpaired) electrons. The maximum atomic E-state index is 10.6. The second-order valence-electron chi connectivity index (χ2n) is 11.6. The molecule has 1 aliphatic rings. The Balaban J connectivity index is 1.91. The van der Waals surface area contributed by atoms with Crippen LogP contribution in [0.25, 0.3) is 27.1 Å². The molecule has 2 N–H and O–H groups in total. The molecule has 0 saturated carbocycles. The summed E-state index contributed by atoms with van der Waals surface area (Å²) in [6.45, 7) is 4.36. The van der Waals surface area contributed by atoms with Gasteiger partial charge >= 0.3 is 0 Å². The first-order valence-corrected chi connectivity index (χ1v) is 15.6. The molecule has 0 unspecified atom stereocenters. The number of hydrogen-bond acceptors (Lipinski definition) is 4. The highest BCUT2D eigenvalue weighted by molar-refractivity contribution is 8.02. The molecule has 0 aliphatic heterocycles. The molecule has 0 heterocycles. The number of thioether (sulfide) groups is 1. The van der Waals surface area contributed by atoms with Crippen molar-refractivity contribution in [3.63, 3.8) is 0 Å².